The van der Waals surface area contributed by atoms with Gasteiger partial charge in [0.25, 0.3) is 0 Å². The first-order valence-corrected chi connectivity index (χ1v) is 11.9. The summed E-state index contributed by atoms with van der Waals surface area (Å²) >= 11 is 2.41. The third kappa shape index (κ3) is 7.76. The van der Waals surface area contributed by atoms with Crippen LogP contribution in [-0.2, 0) is 9.53 Å². The largest absolute Gasteiger partial charge is 0.460 e. The Hall–Kier alpha value is 0.417. The average Bonchev–Trinajstić information content (AvgIpc) is 2.09. The predicted octanol–water partition coefficient (Wildman–Crippen LogP) is 4.89. The molecule has 0 aliphatic heterocycles. The molecule has 4 heteroatoms. The van der Waals surface area contributed by atoms with Crippen LogP contribution in [0.25, 0.3) is 0 Å². The second-order valence-corrected chi connectivity index (χ2v) is 13.8. The van der Waals surface area contributed by atoms with E-state index in [1.165, 1.54) is 6.42 Å². The predicted molar refractivity (Wildman–Crippen MR) is 90.2 cm³/mol. The van der Waals surface area contributed by atoms with E-state index in [9.17, 15) is 4.79 Å². The number of carbonyl (C=O) groups is 1. The quantitative estimate of drug-likeness (QED) is 0.282. The highest BCUT2D eigenvalue weighted by Crippen LogP contribution is 2.33. The Balaban J connectivity index is 4.75. The minimum atomic E-state index is -1.52. The van der Waals surface area contributed by atoms with Gasteiger partial charge in [0.2, 0.25) is 0 Å². The van der Waals surface area contributed by atoms with Crippen LogP contribution in [0.5, 0.6) is 0 Å². The molecule has 0 fully saturated rings. The number of rotatable bonds is 6. The molecule has 0 saturated carbocycles. The fraction of sp³-hybridized carbons (Fsp3) is 0.929. The molecule has 0 N–H and O–H groups in total. The molecule has 2 nitrogen and oxygen atoms in total. The molecular weight excluding hydrogens is 355 g/mol. The van der Waals surface area contributed by atoms with Gasteiger partial charge in [-0.3, -0.25) is 4.79 Å². The normalized spacial score (nSPS) is 16.2. The molecule has 0 aromatic heterocycles. The van der Waals surface area contributed by atoms with Crippen molar-refractivity contribution in [2.24, 2.45) is 5.92 Å². The molecule has 2 atom stereocenters. The van der Waals surface area contributed by atoms with Crippen molar-refractivity contribution in [3.8, 4) is 0 Å². The summed E-state index contributed by atoms with van der Waals surface area (Å²) in [5.41, 5.74) is -0.253. The van der Waals surface area contributed by atoms with Crippen LogP contribution in [0.2, 0.25) is 25.2 Å². The summed E-state index contributed by atoms with van der Waals surface area (Å²) in [4.78, 5) is 12.4. The van der Waals surface area contributed by atoms with E-state index in [4.69, 9.17) is 4.74 Å². The van der Waals surface area contributed by atoms with Crippen molar-refractivity contribution >= 4 is 36.6 Å². The number of ether oxygens (including phenoxy) is 1. The van der Waals surface area contributed by atoms with Crippen LogP contribution in [-0.4, -0.2) is 24.1 Å². The first-order chi connectivity index (χ1) is 7.97. The molecule has 0 heterocycles. The molecule has 0 unspecified atom stereocenters. The number of hydrogen-bond donors (Lipinski definition) is 0. The lowest BCUT2D eigenvalue weighted by atomic mass is 10.0. The van der Waals surface area contributed by atoms with Crippen LogP contribution in [0.3, 0.4) is 0 Å². The van der Waals surface area contributed by atoms with Crippen LogP contribution in [0.4, 0.5) is 0 Å². The minimum absolute atomic E-state index is 0.0157. The van der Waals surface area contributed by atoms with E-state index in [1.807, 2.05) is 20.8 Å². The summed E-state index contributed by atoms with van der Waals surface area (Å²) in [6.07, 6.45) is 2.16. The topological polar surface area (TPSA) is 26.3 Å². The fourth-order valence-corrected chi connectivity index (χ4v) is 4.82. The Bertz CT molecular complexity index is 266. The Morgan fingerprint density at radius 3 is 2.11 bits per heavy atom. The van der Waals surface area contributed by atoms with Gasteiger partial charge in [-0.15, -0.1) is 0 Å². The van der Waals surface area contributed by atoms with Crippen LogP contribution < -0.4 is 0 Å². The summed E-state index contributed by atoms with van der Waals surface area (Å²) in [6, 6.07) is 0. The van der Waals surface area contributed by atoms with Crippen molar-refractivity contribution in [1.82, 2.24) is 0 Å². The van der Waals surface area contributed by atoms with Crippen molar-refractivity contribution in [3.05, 3.63) is 0 Å². The van der Waals surface area contributed by atoms with Gasteiger partial charge in [0.15, 0.2) is 0 Å². The molecule has 0 saturated heterocycles. The van der Waals surface area contributed by atoms with Gasteiger partial charge in [0.05, 0.1) is 13.6 Å². The molecule has 18 heavy (non-hydrogen) atoms. The molecule has 0 aliphatic rings. The van der Waals surface area contributed by atoms with E-state index in [2.05, 4.69) is 49.2 Å². The van der Waals surface area contributed by atoms with Gasteiger partial charge in [-0.1, -0.05) is 49.2 Å². The maximum Gasteiger partial charge on any atom is 0.306 e. The highest BCUT2D eigenvalue weighted by molar-refractivity contribution is 14.1. The Morgan fingerprint density at radius 1 is 1.28 bits per heavy atom. The zero-order valence-corrected chi connectivity index (χ0v) is 16.1. The van der Waals surface area contributed by atoms with Gasteiger partial charge in [-0.25, -0.2) is 0 Å². The summed E-state index contributed by atoms with van der Waals surface area (Å²) in [7, 11) is -1.52. The van der Waals surface area contributed by atoms with Crippen LogP contribution in [0.1, 0.15) is 40.5 Å². The standard InChI is InChI=1S/C14H29IO2Si/c1-11(8-9-15)10-12(18(5,6)7)13(16)17-14(2,3)4/h11-12H,8-10H2,1-7H3/t11-,12-/m1/s1. The number of carbonyl (C=O) groups excluding carboxylic acids is 1. The highest BCUT2D eigenvalue weighted by atomic mass is 127. The lowest BCUT2D eigenvalue weighted by Crippen LogP contribution is -2.38. The fourth-order valence-electron chi connectivity index (χ4n) is 1.88. The molecule has 0 rings (SSSR count). The molecule has 0 bridgehead atoms. The molecule has 108 valence electrons. The van der Waals surface area contributed by atoms with Crippen molar-refractivity contribution in [2.75, 3.05) is 4.43 Å². The Morgan fingerprint density at radius 2 is 1.78 bits per heavy atom. The van der Waals surface area contributed by atoms with E-state index < -0.39 is 8.07 Å². The minimum Gasteiger partial charge on any atom is -0.460 e. The van der Waals surface area contributed by atoms with Gasteiger partial charge >= 0.3 is 5.97 Å². The third-order valence-electron chi connectivity index (χ3n) is 2.98. The van der Waals surface area contributed by atoms with Crippen LogP contribution in [0.15, 0.2) is 0 Å². The van der Waals surface area contributed by atoms with Gasteiger partial charge in [-0.05, 0) is 44.0 Å². The zero-order valence-electron chi connectivity index (χ0n) is 13.0. The monoisotopic (exact) mass is 384 g/mol. The van der Waals surface area contributed by atoms with Gasteiger partial charge in [0.1, 0.15) is 5.60 Å². The summed E-state index contributed by atoms with van der Waals surface area (Å²) < 4.78 is 6.76. The average molecular weight is 384 g/mol. The van der Waals surface area contributed by atoms with Crippen molar-refractivity contribution in [2.45, 2.75) is 71.3 Å². The van der Waals surface area contributed by atoms with Gasteiger partial charge < -0.3 is 4.74 Å². The maximum absolute atomic E-state index is 12.4. The van der Waals surface area contributed by atoms with Gasteiger partial charge in [-0.2, -0.15) is 0 Å². The van der Waals surface area contributed by atoms with Crippen molar-refractivity contribution < 1.29 is 9.53 Å². The Labute approximate surface area is 127 Å². The first-order valence-electron chi connectivity index (χ1n) is 6.76. The zero-order chi connectivity index (χ0) is 14.6. The van der Waals surface area contributed by atoms with Crippen LogP contribution >= 0.6 is 22.6 Å². The molecule has 0 amide bonds. The smallest absolute Gasteiger partial charge is 0.306 e. The molecular formula is C14H29IO2Si. The maximum atomic E-state index is 12.4. The number of alkyl halides is 1. The molecule has 0 aliphatic carbocycles. The lowest BCUT2D eigenvalue weighted by molar-refractivity contribution is -0.155. The van der Waals surface area contributed by atoms with E-state index in [0.717, 1.165) is 10.8 Å². The molecule has 0 aromatic rings. The van der Waals surface area contributed by atoms with E-state index in [1.54, 1.807) is 0 Å². The molecule has 0 spiro atoms. The summed E-state index contributed by atoms with van der Waals surface area (Å²) in [5, 5.41) is 0. The number of esters is 1. The van der Waals surface area contributed by atoms with E-state index in [0.29, 0.717) is 5.92 Å². The SMILES string of the molecule is C[C@H](CCI)C[C@H](C(=O)OC(C)(C)C)[Si](C)(C)C. The van der Waals surface area contributed by atoms with Crippen molar-refractivity contribution in [1.29, 1.82) is 0 Å². The second kappa shape index (κ2) is 7.27. The van der Waals surface area contributed by atoms with Gasteiger partial charge in [0, 0.05) is 0 Å². The van der Waals surface area contributed by atoms with E-state index in [-0.39, 0.29) is 17.1 Å². The summed E-state index contributed by atoms with van der Waals surface area (Å²) in [6.45, 7) is 14.9. The Kier molecular flexibility index (Phi) is 7.43. The highest BCUT2D eigenvalue weighted by Gasteiger charge is 2.36. The van der Waals surface area contributed by atoms with Crippen LogP contribution in [0, 0.1) is 5.92 Å². The molecule has 0 radical (unpaired) electrons. The number of hydrogen-bond acceptors (Lipinski definition) is 2. The van der Waals surface area contributed by atoms with E-state index >= 15 is 0 Å². The number of halogens is 1. The molecule has 0 aromatic carbocycles. The first kappa shape index (κ1) is 18.4. The van der Waals surface area contributed by atoms with Crippen molar-refractivity contribution in [3.63, 3.8) is 0 Å². The summed E-state index contributed by atoms with van der Waals surface area (Å²) in [5.74, 6) is 0.619. The third-order valence-corrected chi connectivity index (χ3v) is 6.16. The lowest BCUT2D eigenvalue weighted by Gasteiger charge is -2.32. The second-order valence-electron chi connectivity index (χ2n) is 7.27.